The molecule has 1 aromatic rings. The van der Waals surface area contributed by atoms with Crippen molar-refractivity contribution < 1.29 is 32.5 Å². The van der Waals surface area contributed by atoms with Gasteiger partial charge in [0.15, 0.2) is 0 Å². The normalized spacial score (nSPS) is 10.4. The van der Waals surface area contributed by atoms with Crippen LogP contribution in [0.4, 0.5) is 19.0 Å². The standard InChI is InChI=1S/C6H11N3O.C2HF3O2/c1-3-10-6-4-5(7)9(2)8-6;3-2(4,5)1(6)7/h4H,3H2,1-2H3,(H2,7,8);(H,6,7). The lowest BCUT2D eigenvalue weighted by Gasteiger charge is -2.03. The van der Waals surface area contributed by atoms with Crippen molar-refractivity contribution in [1.29, 1.82) is 0 Å². The number of nitrogen functional groups attached to an aromatic ring is 1. The first-order chi connectivity index (χ1) is 7.68. The highest BCUT2D eigenvalue weighted by Gasteiger charge is 2.28. The van der Waals surface area contributed by atoms with E-state index in [9.17, 15) is 13.2 Å². The summed E-state index contributed by atoms with van der Waals surface area (Å²) in [6, 6.07) is 1.75. The molecule has 17 heavy (non-hydrogen) atoms. The summed E-state index contributed by atoms with van der Waals surface area (Å²) in [5, 5.41) is 11.7. The number of ether oxygens (including phenoxy) is 1. The molecule has 0 spiro atoms. The lowest BCUT2D eigenvalue weighted by molar-refractivity contribution is -0.713. The van der Waals surface area contributed by atoms with Crippen LogP contribution >= 0.6 is 0 Å². The van der Waals surface area contributed by atoms with Gasteiger partial charge in [-0.2, -0.15) is 23.0 Å². The summed E-state index contributed by atoms with van der Waals surface area (Å²) in [5.41, 5.74) is 5.52. The Hall–Kier alpha value is -1.93. The van der Waals surface area contributed by atoms with E-state index in [1.54, 1.807) is 10.7 Å². The summed E-state index contributed by atoms with van der Waals surface area (Å²) in [7, 11) is 1.83. The third-order valence-electron chi connectivity index (χ3n) is 1.48. The third-order valence-corrected chi connectivity index (χ3v) is 1.48. The molecule has 0 aliphatic rings. The molecular weight excluding hydrogens is 243 g/mol. The van der Waals surface area contributed by atoms with Crippen molar-refractivity contribution in [3.63, 3.8) is 0 Å². The van der Waals surface area contributed by atoms with Crippen molar-refractivity contribution in [2.45, 2.75) is 13.1 Å². The quantitative estimate of drug-likeness (QED) is 0.671. The monoisotopic (exact) mass is 255 g/mol. The van der Waals surface area contributed by atoms with Crippen LogP contribution in [0, 0.1) is 0 Å². The molecule has 0 saturated heterocycles. The van der Waals surface area contributed by atoms with Gasteiger partial charge in [-0.05, 0) is 6.92 Å². The summed E-state index contributed by atoms with van der Waals surface area (Å²) in [6.07, 6.45) is -5.19. The van der Waals surface area contributed by atoms with Gasteiger partial charge in [-0.3, -0.25) is 5.73 Å². The largest absolute Gasteiger partial charge is 0.542 e. The number of aryl methyl sites for hydroxylation is 1. The Balaban J connectivity index is 0.000000325. The molecule has 0 amide bonds. The van der Waals surface area contributed by atoms with Crippen LogP contribution in [0.5, 0.6) is 5.88 Å². The number of rotatable bonds is 2. The Labute approximate surface area is 94.8 Å². The average Bonchev–Trinajstić information content (AvgIpc) is 2.46. The van der Waals surface area contributed by atoms with E-state index in [1.807, 2.05) is 14.0 Å². The van der Waals surface area contributed by atoms with Gasteiger partial charge in [0.05, 0.1) is 12.7 Å². The molecule has 1 rings (SSSR count). The summed E-state index contributed by atoms with van der Waals surface area (Å²) in [4.78, 5) is 8.78. The van der Waals surface area contributed by atoms with E-state index in [-0.39, 0.29) is 0 Å². The van der Waals surface area contributed by atoms with Gasteiger partial charge in [-0.25, -0.2) is 0 Å². The minimum Gasteiger partial charge on any atom is -0.542 e. The van der Waals surface area contributed by atoms with E-state index in [0.717, 1.165) is 0 Å². The second kappa shape index (κ2) is 5.97. The predicted molar refractivity (Wildman–Crippen MR) is 48.6 cm³/mol. The molecule has 0 atom stereocenters. The number of H-pyrrole nitrogens is 1. The summed E-state index contributed by atoms with van der Waals surface area (Å²) in [6.45, 7) is 2.58. The molecule has 0 saturated carbocycles. The Morgan fingerprint density at radius 1 is 1.65 bits per heavy atom. The fourth-order valence-corrected chi connectivity index (χ4v) is 0.723. The van der Waals surface area contributed by atoms with Crippen molar-refractivity contribution >= 4 is 11.8 Å². The van der Waals surface area contributed by atoms with E-state index >= 15 is 0 Å². The molecule has 3 N–H and O–H groups in total. The molecule has 1 heterocycles. The molecule has 98 valence electrons. The molecule has 0 unspecified atom stereocenters. The highest BCUT2D eigenvalue weighted by molar-refractivity contribution is 5.70. The number of nitrogens with two attached hydrogens (primary N) is 1. The zero-order valence-corrected chi connectivity index (χ0v) is 9.17. The number of nitrogens with one attached hydrogen (secondary N) is 1. The van der Waals surface area contributed by atoms with Gasteiger partial charge in [0.25, 0.3) is 5.82 Å². The average molecular weight is 255 g/mol. The van der Waals surface area contributed by atoms with Crippen molar-refractivity contribution in [3.8, 4) is 5.88 Å². The SMILES string of the molecule is CCOc1cc(N)[n+](C)[nH]1.O=C([O-])C(F)(F)F. The van der Waals surface area contributed by atoms with Crippen LogP contribution in [0.1, 0.15) is 6.92 Å². The number of aromatic nitrogens is 2. The molecule has 1 aromatic heterocycles. The lowest BCUT2D eigenvalue weighted by atomic mass is 10.6. The maximum Gasteiger partial charge on any atom is 0.430 e. The number of hydrogen-bond donors (Lipinski definition) is 2. The zero-order chi connectivity index (χ0) is 13.6. The molecule has 6 nitrogen and oxygen atoms in total. The first-order valence-corrected chi connectivity index (χ1v) is 4.44. The maximum atomic E-state index is 10.5. The molecule has 9 heteroatoms. The van der Waals surface area contributed by atoms with Crippen LogP contribution in [0.15, 0.2) is 6.07 Å². The van der Waals surface area contributed by atoms with Crippen LogP contribution < -0.4 is 20.3 Å². The number of anilines is 1. The second-order valence-corrected chi connectivity index (χ2v) is 2.82. The topological polar surface area (TPSA) is 95.1 Å². The van der Waals surface area contributed by atoms with E-state index in [4.69, 9.17) is 20.4 Å². The fourth-order valence-electron chi connectivity index (χ4n) is 0.723. The Morgan fingerprint density at radius 3 is 2.35 bits per heavy atom. The van der Waals surface area contributed by atoms with Gasteiger partial charge in [0.2, 0.25) is 5.88 Å². The number of carboxylic acids is 1. The van der Waals surface area contributed by atoms with Crippen molar-refractivity contribution in [2.75, 3.05) is 12.3 Å². The van der Waals surface area contributed by atoms with Crippen molar-refractivity contribution in [2.24, 2.45) is 7.05 Å². The highest BCUT2D eigenvalue weighted by atomic mass is 19.4. The van der Waals surface area contributed by atoms with Crippen LogP contribution in [0.3, 0.4) is 0 Å². The molecular formula is C8H12F3N3O3. The summed E-state index contributed by atoms with van der Waals surface area (Å²) < 4.78 is 38.4. The number of aliphatic carboxylic acids is 1. The van der Waals surface area contributed by atoms with Gasteiger partial charge in [0, 0.05) is 0 Å². The molecule has 0 aromatic carbocycles. The smallest absolute Gasteiger partial charge is 0.430 e. The van der Waals surface area contributed by atoms with Crippen LogP contribution in [0.25, 0.3) is 0 Å². The van der Waals surface area contributed by atoms with Crippen LogP contribution in [-0.2, 0) is 11.8 Å². The molecule has 0 fully saturated rings. The number of nitrogens with zero attached hydrogens (tertiary/aromatic N) is 1. The van der Waals surface area contributed by atoms with Gasteiger partial charge in [0.1, 0.15) is 13.0 Å². The number of hydrogen-bond acceptors (Lipinski definition) is 4. The van der Waals surface area contributed by atoms with Crippen LogP contribution in [-0.4, -0.2) is 23.9 Å². The first kappa shape index (κ1) is 15.1. The van der Waals surface area contributed by atoms with Gasteiger partial charge >= 0.3 is 6.18 Å². The predicted octanol–water partition coefficient (Wildman–Crippen LogP) is -0.881. The fraction of sp³-hybridized carbons (Fsp3) is 0.500. The molecule has 0 aliphatic carbocycles. The van der Waals surface area contributed by atoms with Crippen molar-refractivity contribution in [1.82, 2.24) is 5.10 Å². The Kier molecular flexibility index (Phi) is 5.29. The molecule has 0 bridgehead atoms. The van der Waals surface area contributed by atoms with E-state index < -0.39 is 12.1 Å². The summed E-state index contributed by atoms with van der Waals surface area (Å²) in [5.74, 6) is -1.63. The number of carbonyl (C=O) groups is 1. The third kappa shape index (κ3) is 5.64. The zero-order valence-electron chi connectivity index (χ0n) is 9.17. The lowest BCUT2D eigenvalue weighted by Crippen LogP contribution is -2.37. The Morgan fingerprint density at radius 2 is 2.12 bits per heavy atom. The van der Waals surface area contributed by atoms with Gasteiger partial charge < -0.3 is 14.6 Å². The number of carbonyl (C=O) groups excluding carboxylic acids is 1. The Bertz CT molecular complexity index is 356. The van der Waals surface area contributed by atoms with Gasteiger partial charge in [-0.1, -0.05) is 0 Å². The van der Waals surface area contributed by atoms with E-state index in [2.05, 4.69) is 5.10 Å². The number of alkyl halides is 3. The number of aromatic amines is 1. The van der Waals surface area contributed by atoms with E-state index in [1.165, 1.54) is 0 Å². The minimum absolute atomic E-state index is 0.653. The summed E-state index contributed by atoms with van der Waals surface area (Å²) >= 11 is 0. The molecule has 0 aliphatic heterocycles. The van der Waals surface area contributed by atoms with Crippen molar-refractivity contribution in [3.05, 3.63) is 6.07 Å². The number of carboxylic acid groups (broad SMARTS) is 1. The molecule has 0 radical (unpaired) electrons. The number of halogens is 3. The minimum atomic E-state index is -5.19. The maximum absolute atomic E-state index is 10.5. The highest BCUT2D eigenvalue weighted by Crippen LogP contribution is 2.11. The van der Waals surface area contributed by atoms with Crippen LogP contribution in [0.2, 0.25) is 0 Å². The first-order valence-electron chi connectivity index (χ1n) is 4.44. The van der Waals surface area contributed by atoms with E-state index in [0.29, 0.717) is 18.3 Å². The second-order valence-electron chi connectivity index (χ2n) is 2.82. The van der Waals surface area contributed by atoms with Gasteiger partial charge in [-0.15, -0.1) is 0 Å².